The number of rotatable bonds is 6. The van der Waals surface area contributed by atoms with Crippen LogP contribution in [0.4, 0.5) is 0 Å². The summed E-state index contributed by atoms with van der Waals surface area (Å²) in [6.07, 6.45) is 1.25. The van der Waals surface area contributed by atoms with Crippen LogP contribution in [0.5, 0.6) is 0 Å². The molecular formula is C21H20O4S. The second kappa shape index (κ2) is 7.30. The van der Waals surface area contributed by atoms with Gasteiger partial charge in [0.1, 0.15) is 11.0 Å². The van der Waals surface area contributed by atoms with Crippen LogP contribution in [0.15, 0.2) is 76.2 Å². The predicted molar refractivity (Wildman–Crippen MR) is 99.9 cm³/mol. The van der Waals surface area contributed by atoms with E-state index in [-0.39, 0.29) is 22.9 Å². The monoisotopic (exact) mass is 368 g/mol. The Morgan fingerprint density at radius 3 is 2.04 bits per heavy atom. The average Bonchev–Trinajstić information content (AvgIpc) is 3.14. The van der Waals surface area contributed by atoms with Crippen molar-refractivity contribution in [3.05, 3.63) is 89.4 Å². The van der Waals surface area contributed by atoms with Crippen LogP contribution in [-0.4, -0.2) is 14.2 Å². The molecule has 0 fully saturated rings. The lowest BCUT2D eigenvalue weighted by atomic mass is 10.0. The lowest BCUT2D eigenvalue weighted by Crippen LogP contribution is -2.17. The Labute approximate surface area is 153 Å². The molecule has 3 aromatic rings. The number of Topliss-reactive ketones (excluding diaryl/α,β-unsaturated/α-hetero) is 1. The minimum atomic E-state index is -3.77. The average molecular weight is 368 g/mol. The van der Waals surface area contributed by atoms with Gasteiger partial charge in [0.05, 0.1) is 11.2 Å². The van der Waals surface area contributed by atoms with Gasteiger partial charge in [-0.25, -0.2) is 8.42 Å². The molecule has 0 aliphatic rings. The van der Waals surface area contributed by atoms with Gasteiger partial charge < -0.3 is 4.42 Å². The number of sulfone groups is 1. The van der Waals surface area contributed by atoms with Gasteiger partial charge in [0, 0.05) is 12.0 Å². The second-order valence-corrected chi connectivity index (χ2v) is 8.49. The first kappa shape index (κ1) is 18.1. The topological polar surface area (TPSA) is 64.3 Å². The molecule has 0 N–H and O–H groups in total. The van der Waals surface area contributed by atoms with Crippen molar-refractivity contribution >= 4 is 15.6 Å². The molecule has 26 heavy (non-hydrogen) atoms. The van der Waals surface area contributed by atoms with Crippen LogP contribution in [-0.2, 0) is 9.84 Å². The van der Waals surface area contributed by atoms with Crippen molar-refractivity contribution < 1.29 is 17.6 Å². The lowest BCUT2D eigenvalue weighted by molar-refractivity contribution is 0.0978. The van der Waals surface area contributed by atoms with Gasteiger partial charge in [-0.05, 0) is 38.1 Å². The number of hydrogen-bond donors (Lipinski definition) is 0. The molecule has 134 valence electrons. The predicted octanol–water partition coefficient (Wildman–Crippen LogP) is 4.68. The number of furan rings is 1. The smallest absolute Gasteiger partial charge is 0.188 e. The Morgan fingerprint density at radius 2 is 1.50 bits per heavy atom. The highest BCUT2D eigenvalue weighted by atomic mass is 32.2. The van der Waals surface area contributed by atoms with Crippen molar-refractivity contribution in [2.24, 2.45) is 0 Å². The van der Waals surface area contributed by atoms with Crippen LogP contribution in [0.2, 0.25) is 0 Å². The molecule has 0 bridgehead atoms. The van der Waals surface area contributed by atoms with Crippen molar-refractivity contribution in [1.29, 1.82) is 0 Å². The molecule has 0 unspecified atom stereocenters. The van der Waals surface area contributed by atoms with Gasteiger partial charge >= 0.3 is 0 Å². The molecule has 0 aliphatic carbocycles. The number of benzene rings is 2. The van der Waals surface area contributed by atoms with Gasteiger partial charge in [-0.3, -0.25) is 4.79 Å². The fraction of sp³-hybridized carbons (Fsp3) is 0.190. The summed E-state index contributed by atoms with van der Waals surface area (Å²) in [7, 11) is -3.77. The minimum absolute atomic E-state index is 0.174. The Bertz CT molecular complexity index is 983. The molecule has 2 aromatic carbocycles. The zero-order chi connectivity index (χ0) is 18.7. The molecule has 0 saturated carbocycles. The van der Waals surface area contributed by atoms with Crippen molar-refractivity contribution in [3.63, 3.8) is 0 Å². The van der Waals surface area contributed by atoms with Crippen LogP contribution in [0.25, 0.3) is 0 Å². The number of carbonyl (C=O) groups excluding carboxylic acids is 1. The number of aryl methyl sites for hydroxylation is 2. The largest absolute Gasteiger partial charge is 0.468 e. The van der Waals surface area contributed by atoms with Crippen molar-refractivity contribution in [3.8, 4) is 0 Å². The summed E-state index contributed by atoms with van der Waals surface area (Å²) in [6, 6.07) is 17.0. The van der Waals surface area contributed by atoms with Crippen molar-refractivity contribution in [2.45, 2.75) is 30.4 Å². The van der Waals surface area contributed by atoms with E-state index < -0.39 is 15.1 Å². The van der Waals surface area contributed by atoms with E-state index in [9.17, 15) is 13.2 Å². The van der Waals surface area contributed by atoms with Gasteiger partial charge in [-0.15, -0.1) is 0 Å². The molecule has 0 spiro atoms. The van der Waals surface area contributed by atoms with Crippen LogP contribution >= 0.6 is 0 Å². The summed E-state index contributed by atoms with van der Waals surface area (Å²) in [5.41, 5.74) is 2.50. The Kier molecular flexibility index (Phi) is 5.09. The lowest BCUT2D eigenvalue weighted by Gasteiger charge is -2.15. The number of ketones is 1. The van der Waals surface area contributed by atoms with E-state index in [0.717, 1.165) is 11.1 Å². The van der Waals surface area contributed by atoms with Gasteiger partial charge in [0.15, 0.2) is 15.6 Å². The number of carbonyl (C=O) groups is 1. The standard InChI is InChI=1S/C21H20O4S/c1-15-5-9-17(10-6-15)19(22)14-21(20-4-3-13-25-20)26(23,24)18-11-7-16(2)8-12-18/h3-13,21H,14H2,1-2H3/t21-/m0/s1. The Hall–Kier alpha value is -2.66. The van der Waals surface area contributed by atoms with E-state index in [1.807, 2.05) is 26.0 Å². The maximum atomic E-state index is 13.2. The maximum Gasteiger partial charge on any atom is 0.188 e. The SMILES string of the molecule is Cc1ccc(C(=O)C[C@@H](c2ccco2)S(=O)(=O)c2ccc(C)cc2)cc1. The van der Waals surface area contributed by atoms with E-state index >= 15 is 0 Å². The summed E-state index contributed by atoms with van der Waals surface area (Å²) in [5, 5.41) is -1.06. The van der Waals surface area contributed by atoms with Gasteiger partial charge in [0.2, 0.25) is 0 Å². The Balaban J connectivity index is 1.97. The second-order valence-electron chi connectivity index (χ2n) is 6.36. The summed E-state index contributed by atoms with van der Waals surface area (Å²) in [4.78, 5) is 12.9. The first-order valence-electron chi connectivity index (χ1n) is 8.32. The highest BCUT2D eigenvalue weighted by molar-refractivity contribution is 7.91. The van der Waals surface area contributed by atoms with Gasteiger partial charge in [-0.1, -0.05) is 47.5 Å². The summed E-state index contributed by atoms with van der Waals surface area (Å²) in [6.45, 7) is 3.82. The summed E-state index contributed by atoms with van der Waals surface area (Å²) >= 11 is 0. The van der Waals surface area contributed by atoms with Crippen LogP contribution in [0.3, 0.4) is 0 Å². The third kappa shape index (κ3) is 3.78. The van der Waals surface area contributed by atoms with E-state index in [1.165, 1.54) is 6.26 Å². The molecule has 0 saturated heterocycles. The van der Waals surface area contributed by atoms with E-state index in [0.29, 0.717) is 5.56 Å². The molecule has 5 heteroatoms. The molecular weight excluding hydrogens is 348 g/mol. The van der Waals surface area contributed by atoms with Crippen molar-refractivity contribution in [2.75, 3.05) is 0 Å². The van der Waals surface area contributed by atoms with Gasteiger partial charge in [0.25, 0.3) is 0 Å². The molecule has 4 nitrogen and oxygen atoms in total. The normalized spacial score (nSPS) is 12.7. The molecule has 3 rings (SSSR count). The molecule has 0 aliphatic heterocycles. The van der Waals surface area contributed by atoms with Crippen LogP contribution < -0.4 is 0 Å². The number of hydrogen-bond acceptors (Lipinski definition) is 4. The third-order valence-corrected chi connectivity index (χ3v) is 6.41. The first-order valence-corrected chi connectivity index (χ1v) is 9.86. The van der Waals surface area contributed by atoms with E-state index in [2.05, 4.69) is 0 Å². The zero-order valence-electron chi connectivity index (χ0n) is 14.7. The highest BCUT2D eigenvalue weighted by Gasteiger charge is 2.33. The molecule has 1 heterocycles. The van der Waals surface area contributed by atoms with Crippen LogP contribution in [0.1, 0.15) is 38.9 Å². The maximum absolute atomic E-state index is 13.2. The minimum Gasteiger partial charge on any atom is -0.468 e. The molecule has 1 atom stereocenters. The summed E-state index contributed by atoms with van der Waals surface area (Å²) < 4.78 is 31.7. The highest BCUT2D eigenvalue weighted by Crippen LogP contribution is 2.33. The fourth-order valence-corrected chi connectivity index (χ4v) is 4.41. The Morgan fingerprint density at radius 1 is 0.923 bits per heavy atom. The van der Waals surface area contributed by atoms with E-state index in [4.69, 9.17) is 4.42 Å². The zero-order valence-corrected chi connectivity index (χ0v) is 15.5. The molecule has 0 amide bonds. The van der Waals surface area contributed by atoms with Crippen molar-refractivity contribution in [1.82, 2.24) is 0 Å². The van der Waals surface area contributed by atoms with E-state index in [1.54, 1.807) is 48.5 Å². The molecule has 0 radical (unpaired) electrons. The van der Waals surface area contributed by atoms with Crippen LogP contribution in [0, 0.1) is 13.8 Å². The fourth-order valence-electron chi connectivity index (χ4n) is 2.76. The van der Waals surface area contributed by atoms with Gasteiger partial charge in [-0.2, -0.15) is 0 Å². The first-order chi connectivity index (χ1) is 12.4. The summed E-state index contributed by atoms with van der Waals surface area (Å²) in [5.74, 6) is 0.0353. The third-order valence-electron chi connectivity index (χ3n) is 4.33. The quantitative estimate of drug-likeness (QED) is 0.592. The molecule has 1 aromatic heterocycles.